The molecule has 0 aliphatic carbocycles. The van der Waals surface area contributed by atoms with Crippen LogP contribution in [0, 0.1) is 5.92 Å². The highest BCUT2D eigenvalue weighted by Gasteiger charge is 2.35. The maximum Gasteiger partial charge on any atom is 0.338 e. The number of thiazole rings is 1. The predicted octanol–water partition coefficient (Wildman–Crippen LogP) is 3.86. The number of carbonyl (C=O) groups is 3. The zero-order chi connectivity index (χ0) is 22.7. The third-order valence-corrected chi connectivity index (χ3v) is 6.02. The molecule has 0 spiro atoms. The zero-order valence-electron chi connectivity index (χ0n) is 17.8. The van der Waals surface area contributed by atoms with Crippen molar-refractivity contribution in [3.8, 4) is 5.75 Å². The molecule has 2 aromatic carbocycles. The minimum atomic E-state index is -0.488. The van der Waals surface area contributed by atoms with E-state index in [0.717, 1.165) is 16.0 Å². The normalized spacial score (nSPS) is 15.8. The highest BCUT2D eigenvalue weighted by atomic mass is 32.1. The van der Waals surface area contributed by atoms with Crippen LogP contribution in [0.3, 0.4) is 0 Å². The molecule has 166 valence electrons. The summed E-state index contributed by atoms with van der Waals surface area (Å²) < 4.78 is 11.4. The lowest BCUT2D eigenvalue weighted by Crippen LogP contribution is -2.28. The van der Waals surface area contributed by atoms with Crippen molar-refractivity contribution < 1.29 is 23.9 Å². The molecule has 9 heteroatoms. The molecule has 32 heavy (non-hydrogen) atoms. The lowest BCUT2D eigenvalue weighted by Gasteiger charge is -2.17. The summed E-state index contributed by atoms with van der Waals surface area (Å²) in [4.78, 5) is 43.1. The van der Waals surface area contributed by atoms with Gasteiger partial charge in [-0.15, -0.1) is 0 Å². The van der Waals surface area contributed by atoms with E-state index < -0.39 is 11.9 Å². The lowest BCUT2D eigenvalue weighted by atomic mass is 10.1. The van der Waals surface area contributed by atoms with Gasteiger partial charge in [-0.1, -0.05) is 11.3 Å². The lowest BCUT2D eigenvalue weighted by molar-refractivity contribution is -0.122. The van der Waals surface area contributed by atoms with Gasteiger partial charge in [-0.2, -0.15) is 0 Å². The molecule has 1 aliphatic heterocycles. The second-order valence-electron chi connectivity index (χ2n) is 7.24. The second kappa shape index (κ2) is 9.35. The molecule has 0 saturated carbocycles. The number of nitrogens with zero attached hydrogens (tertiary/aromatic N) is 2. The standard InChI is InChI=1S/C23H23N3O5S/c1-3-30-17-9-10-18-19(12-17)32-23(24-18)25-21(28)15-11-20(27)26(13-15)16-7-5-14(6-8-16)22(29)31-4-2/h5-10,12,15H,3-4,11,13H2,1-2H3,(H,24,25,28). The maximum atomic E-state index is 12.8. The van der Waals surface area contributed by atoms with Gasteiger partial charge in [0.05, 0.1) is 34.9 Å². The van der Waals surface area contributed by atoms with Gasteiger partial charge in [0.1, 0.15) is 5.75 Å². The Kier molecular flexibility index (Phi) is 6.36. The van der Waals surface area contributed by atoms with E-state index in [1.807, 2.05) is 25.1 Å². The third kappa shape index (κ3) is 4.57. The maximum absolute atomic E-state index is 12.8. The zero-order valence-corrected chi connectivity index (χ0v) is 18.6. The Bertz CT molecular complexity index is 1160. The van der Waals surface area contributed by atoms with Crippen molar-refractivity contribution in [1.29, 1.82) is 0 Å². The summed E-state index contributed by atoms with van der Waals surface area (Å²) >= 11 is 1.37. The molecule has 1 unspecified atom stereocenters. The van der Waals surface area contributed by atoms with Crippen LogP contribution in [0.1, 0.15) is 30.6 Å². The summed E-state index contributed by atoms with van der Waals surface area (Å²) in [5.41, 5.74) is 1.83. The van der Waals surface area contributed by atoms with Crippen LogP contribution in [0.2, 0.25) is 0 Å². The van der Waals surface area contributed by atoms with Crippen molar-refractivity contribution in [2.45, 2.75) is 20.3 Å². The van der Waals surface area contributed by atoms with Crippen molar-refractivity contribution in [1.82, 2.24) is 4.98 Å². The van der Waals surface area contributed by atoms with E-state index in [4.69, 9.17) is 9.47 Å². The van der Waals surface area contributed by atoms with Gasteiger partial charge in [0.25, 0.3) is 0 Å². The van der Waals surface area contributed by atoms with Crippen molar-refractivity contribution >= 4 is 50.2 Å². The molecule has 4 rings (SSSR count). The SMILES string of the molecule is CCOC(=O)c1ccc(N2CC(C(=O)Nc3nc4ccc(OCC)cc4s3)CC2=O)cc1. The fourth-order valence-electron chi connectivity index (χ4n) is 3.55. The first kappa shape index (κ1) is 21.8. The molecule has 8 nitrogen and oxygen atoms in total. The molecular formula is C23H23N3O5S. The second-order valence-corrected chi connectivity index (χ2v) is 8.27. The fourth-order valence-corrected chi connectivity index (χ4v) is 4.44. The number of carbonyl (C=O) groups excluding carboxylic acids is 3. The first-order valence-electron chi connectivity index (χ1n) is 10.4. The Morgan fingerprint density at radius 2 is 1.94 bits per heavy atom. The topological polar surface area (TPSA) is 97.8 Å². The van der Waals surface area contributed by atoms with Crippen molar-refractivity contribution in [3.05, 3.63) is 48.0 Å². The molecule has 0 bridgehead atoms. The van der Waals surface area contributed by atoms with Gasteiger partial charge in [0.2, 0.25) is 11.8 Å². The highest BCUT2D eigenvalue weighted by molar-refractivity contribution is 7.22. The molecule has 1 N–H and O–H groups in total. The molecular weight excluding hydrogens is 430 g/mol. The van der Waals surface area contributed by atoms with Gasteiger partial charge in [0.15, 0.2) is 5.13 Å². The Hall–Kier alpha value is -3.46. The Morgan fingerprint density at radius 3 is 2.66 bits per heavy atom. The van der Waals surface area contributed by atoms with Crippen LogP contribution in [-0.2, 0) is 14.3 Å². The molecule has 1 atom stereocenters. The number of amides is 2. The van der Waals surface area contributed by atoms with E-state index >= 15 is 0 Å². The average Bonchev–Trinajstić information content (AvgIpc) is 3.36. The molecule has 2 heterocycles. The minimum absolute atomic E-state index is 0.116. The molecule has 3 aromatic rings. The number of hydrogen-bond acceptors (Lipinski definition) is 7. The Morgan fingerprint density at radius 1 is 1.16 bits per heavy atom. The van der Waals surface area contributed by atoms with Crippen molar-refractivity contribution in [2.24, 2.45) is 5.92 Å². The Balaban J connectivity index is 1.42. The first-order chi connectivity index (χ1) is 15.5. The van der Waals surface area contributed by atoms with Crippen LogP contribution in [0.4, 0.5) is 10.8 Å². The van der Waals surface area contributed by atoms with E-state index in [1.54, 1.807) is 36.1 Å². The number of rotatable bonds is 7. The number of anilines is 2. The van der Waals surface area contributed by atoms with Crippen LogP contribution < -0.4 is 15.0 Å². The molecule has 1 aliphatic rings. The average molecular weight is 454 g/mol. The third-order valence-electron chi connectivity index (χ3n) is 5.09. The predicted molar refractivity (Wildman–Crippen MR) is 122 cm³/mol. The van der Waals surface area contributed by atoms with E-state index in [1.165, 1.54) is 11.3 Å². The van der Waals surface area contributed by atoms with Crippen LogP contribution in [0.15, 0.2) is 42.5 Å². The summed E-state index contributed by atoms with van der Waals surface area (Å²) in [7, 11) is 0. The molecule has 1 saturated heterocycles. The Labute approximate surface area is 189 Å². The van der Waals surface area contributed by atoms with Crippen LogP contribution >= 0.6 is 11.3 Å². The van der Waals surface area contributed by atoms with Gasteiger partial charge in [-0.25, -0.2) is 9.78 Å². The van der Waals surface area contributed by atoms with E-state index in [-0.39, 0.29) is 24.8 Å². The summed E-state index contributed by atoms with van der Waals surface area (Å²) in [6, 6.07) is 12.2. The molecule has 1 aromatic heterocycles. The van der Waals surface area contributed by atoms with E-state index in [0.29, 0.717) is 29.6 Å². The summed E-state index contributed by atoms with van der Waals surface area (Å²) in [6.07, 6.45) is 0.116. The molecule has 1 fully saturated rings. The van der Waals surface area contributed by atoms with Gasteiger partial charge in [-0.3, -0.25) is 9.59 Å². The first-order valence-corrected chi connectivity index (χ1v) is 11.2. The summed E-state index contributed by atoms with van der Waals surface area (Å²) in [5.74, 6) is -0.521. The molecule has 0 radical (unpaired) electrons. The van der Waals surface area contributed by atoms with Gasteiger partial charge < -0.3 is 19.7 Å². The quantitative estimate of drug-likeness (QED) is 0.546. The summed E-state index contributed by atoms with van der Waals surface area (Å²) in [6.45, 7) is 4.80. The van der Waals surface area contributed by atoms with Crippen LogP contribution in [0.5, 0.6) is 5.75 Å². The number of fused-ring (bicyclic) bond motifs is 1. The molecule has 2 amide bonds. The van der Waals surface area contributed by atoms with Gasteiger partial charge in [0, 0.05) is 18.7 Å². The smallest absolute Gasteiger partial charge is 0.338 e. The summed E-state index contributed by atoms with van der Waals surface area (Å²) in [5, 5.41) is 3.33. The minimum Gasteiger partial charge on any atom is -0.494 e. The van der Waals surface area contributed by atoms with Gasteiger partial charge >= 0.3 is 5.97 Å². The highest BCUT2D eigenvalue weighted by Crippen LogP contribution is 2.31. The largest absolute Gasteiger partial charge is 0.494 e. The monoisotopic (exact) mass is 453 g/mol. The number of aromatic nitrogens is 1. The number of hydrogen-bond donors (Lipinski definition) is 1. The number of ether oxygens (including phenoxy) is 2. The number of esters is 1. The van der Waals surface area contributed by atoms with Crippen molar-refractivity contribution in [2.75, 3.05) is 30.0 Å². The van der Waals surface area contributed by atoms with E-state index in [9.17, 15) is 14.4 Å². The van der Waals surface area contributed by atoms with Gasteiger partial charge in [-0.05, 0) is 56.3 Å². The van der Waals surface area contributed by atoms with E-state index in [2.05, 4.69) is 10.3 Å². The van der Waals surface area contributed by atoms with Crippen LogP contribution in [-0.4, -0.2) is 42.5 Å². The fraction of sp³-hybridized carbons (Fsp3) is 0.304. The number of nitrogens with one attached hydrogen (secondary N) is 1. The number of benzene rings is 2. The van der Waals surface area contributed by atoms with Crippen LogP contribution in [0.25, 0.3) is 10.2 Å². The van der Waals surface area contributed by atoms with Crippen molar-refractivity contribution in [3.63, 3.8) is 0 Å².